The summed E-state index contributed by atoms with van der Waals surface area (Å²) < 4.78 is 45.7. The molecule has 0 aliphatic carbocycles. The lowest BCUT2D eigenvalue weighted by atomic mass is 10.1. The minimum absolute atomic E-state index is 0.0557. The van der Waals surface area contributed by atoms with Gasteiger partial charge >= 0.3 is 0 Å². The monoisotopic (exact) mass is 283 g/mol. The normalized spacial score (nSPS) is 12.7. The van der Waals surface area contributed by atoms with Crippen molar-refractivity contribution in [3.05, 3.63) is 47.5 Å². The number of hydrogen-bond donors (Lipinski definition) is 1. The van der Waals surface area contributed by atoms with Crippen LogP contribution in [0.2, 0.25) is 0 Å². The van der Waals surface area contributed by atoms with Crippen molar-refractivity contribution in [2.75, 3.05) is 6.54 Å². The van der Waals surface area contributed by atoms with E-state index in [0.717, 1.165) is 13.0 Å². The van der Waals surface area contributed by atoms with Crippen LogP contribution in [0.5, 0.6) is 0 Å². The van der Waals surface area contributed by atoms with Gasteiger partial charge in [-0.25, -0.2) is 13.2 Å². The predicted molar refractivity (Wildman–Crippen MR) is 70.7 cm³/mol. The van der Waals surface area contributed by atoms with Crippen LogP contribution in [-0.2, 0) is 0 Å². The van der Waals surface area contributed by atoms with Crippen molar-refractivity contribution in [3.63, 3.8) is 0 Å². The summed E-state index contributed by atoms with van der Waals surface area (Å²) in [5.41, 5.74) is -0.347. The zero-order valence-electron chi connectivity index (χ0n) is 11.3. The zero-order chi connectivity index (χ0) is 14.7. The van der Waals surface area contributed by atoms with Crippen molar-refractivity contribution in [2.24, 2.45) is 0 Å². The Bertz CT molecular complexity index is 572. The summed E-state index contributed by atoms with van der Waals surface area (Å²) in [6, 6.07) is 4.36. The fourth-order valence-corrected chi connectivity index (χ4v) is 1.96. The van der Waals surface area contributed by atoms with Crippen LogP contribution in [-0.4, -0.2) is 6.54 Å². The van der Waals surface area contributed by atoms with Crippen LogP contribution >= 0.6 is 0 Å². The summed E-state index contributed by atoms with van der Waals surface area (Å²) in [4.78, 5) is 0. The number of benzene rings is 1. The average Bonchev–Trinajstić information content (AvgIpc) is 2.84. The third-order valence-corrected chi connectivity index (χ3v) is 3.01. The quantitative estimate of drug-likeness (QED) is 0.878. The first-order chi connectivity index (χ1) is 9.52. The second-order valence-electron chi connectivity index (χ2n) is 4.62. The molecular formula is C15H16F3NO. The van der Waals surface area contributed by atoms with Crippen LogP contribution in [0.4, 0.5) is 13.2 Å². The number of rotatable bonds is 5. The Kier molecular flexibility index (Phi) is 4.49. The SMILES string of the molecule is CCCNC(C)c1ccc(-c2c(F)cc(F)cc2F)o1. The van der Waals surface area contributed by atoms with E-state index in [9.17, 15) is 13.2 Å². The summed E-state index contributed by atoms with van der Waals surface area (Å²) in [6.45, 7) is 4.75. The molecule has 0 spiro atoms. The second-order valence-corrected chi connectivity index (χ2v) is 4.62. The van der Waals surface area contributed by atoms with Gasteiger partial charge in [0.1, 0.15) is 29.0 Å². The minimum atomic E-state index is -0.974. The number of nitrogens with one attached hydrogen (secondary N) is 1. The lowest BCUT2D eigenvalue weighted by Crippen LogP contribution is -2.18. The van der Waals surface area contributed by atoms with Gasteiger partial charge in [0.05, 0.1) is 11.6 Å². The summed E-state index contributed by atoms with van der Waals surface area (Å²) in [5.74, 6) is -2.26. The van der Waals surface area contributed by atoms with E-state index in [1.807, 2.05) is 13.8 Å². The van der Waals surface area contributed by atoms with Gasteiger partial charge < -0.3 is 9.73 Å². The van der Waals surface area contributed by atoms with Crippen molar-refractivity contribution in [3.8, 4) is 11.3 Å². The summed E-state index contributed by atoms with van der Waals surface area (Å²) in [5, 5.41) is 3.21. The fraction of sp³-hybridized carbons (Fsp3) is 0.333. The Balaban J connectivity index is 2.29. The molecule has 2 nitrogen and oxygen atoms in total. The second kappa shape index (κ2) is 6.13. The van der Waals surface area contributed by atoms with Gasteiger partial charge in [0.2, 0.25) is 0 Å². The first-order valence-electron chi connectivity index (χ1n) is 6.51. The van der Waals surface area contributed by atoms with Crippen LogP contribution in [0.1, 0.15) is 32.1 Å². The van der Waals surface area contributed by atoms with Gasteiger partial charge in [-0.15, -0.1) is 0 Å². The summed E-state index contributed by atoms with van der Waals surface area (Å²) in [6.07, 6.45) is 0.971. The Labute approximate surface area is 115 Å². The van der Waals surface area contributed by atoms with E-state index in [2.05, 4.69) is 5.32 Å². The minimum Gasteiger partial charge on any atom is -0.459 e. The third kappa shape index (κ3) is 3.04. The standard InChI is InChI=1S/C15H16F3NO/c1-3-6-19-9(2)13-4-5-14(20-13)15-11(17)7-10(16)8-12(15)18/h4-5,7-9,19H,3,6H2,1-2H3. The first kappa shape index (κ1) is 14.7. The molecule has 0 radical (unpaired) electrons. The van der Waals surface area contributed by atoms with Crippen molar-refractivity contribution >= 4 is 0 Å². The van der Waals surface area contributed by atoms with E-state index in [1.54, 1.807) is 6.07 Å². The number of hydrogen-bond acceptors (Lipinski definition) is 2. The molecule has 0 saturated carbocycles. The lowest BCUT2D eigenvalue weighted by Gasteiger charge is -2.10. The largest absolute Gasteiger partial charge is 0.459 e. The molecule has 0 fully saturated rings. The molecule has 108 valence electrons. The molecule has 0 amide bonds. The zero-order valence-corrected chi connectivity index (χ0v) is 11.3. The van der Waals surface area contributed by atoms with E-state index >= 15 is 0 Å². The van der Waals surface area contributed by atoms with Crippen LogP contribution in [0.25, 0.3) is 11.3 Å². The van der Waals surface area contributed by atoms with E-state index in [0.29, 0.717) is 17.9 Å². The van der Waals surface area contributed by atoms with E-state index in [1.165, 1.54) is 6.07 Å². The molecule has 1 heterocycles. The average molecular weight is 283 g/mol. The molecule has 2 aromatic rings. The molecule has 0 bridgehead atoms. The van der Waals surface area contributed by atoms with Gasteiger partial charge in [-0.1, -0.05) is 6.92 Å². The maximum atomic E-state index is 13.7. The highest BCUT2D eigenvalue weighted by molar-refractivity contribution is 5.59. The van der Waals surface area contributed by atoms with Crippen molar-refractivity contribution in [1.82, 2.24) is 5.32 Å². The predicted octanol–water partition coefficient (Wildman–Crippen LogP) is 4.42. The molecule has 1 N–H and O–H groups in total. The van der Waals surface area contributed by atoms with Crippen LogP contribution < -0.4 is 5.32 Å². The van der Waals surface area contributed by atoms with E-state index in [4.69, 9.17) is 4.42 Å². The van der Waals surface area contributed by atoms with Gasteiger partial charge in [0, 0.05) is 12.1 Å². The van der Waals surface area contributed by atoms with Crippen LogP contribution in [0.15, 0.2) is 28.7 Å². The molecule has 2 rings (SSSR count). The van der Waals surface area contributed by atoms with Gasteiger partial charge in [-0.05, 0) is 32.0 Å². The van der Waals surface area contributed by atoms with Crippen LogP contribution in [0, 0.1) is 17.5 Å². The van der Waals surface area contributed by atoms with Gasteiger partial charge in [-0.2, -0.15) is 0 Å². The van der Waals surface area contributed by atoms with E-state index < -0.39 is 17.5 Å². The van der Waals surface area contributed by atoms with Crippen molar-refractivity contribution in [2.45, 2.75) is 26.3 Å². The third-order valence-electron chi connectivity index (χ3n) is 3.01. The van der Waals surface area contributed by atoms with E-state index in [-0.39, 0.29) is 17.4 Å². The Morgan fingerprint density at radius 2 is 1.80 bits per heavy atom. The van der Waals surface area contributed by atoms with Gasteiger partial charge in [-0.3, -0.25) is 0 Å². The molecule has 0 saturated heterocycles. The fourth-order valence-electron chi connectivity index (χ4n) is 1.96. The van der Waals surface area contributed by atoms with Gasteiger partial charge in [0.15, 0.2) is 0 Å². The topological polar surface area (TPSA) is 25.2 Å². The molecule has 1 aromatic carbocycles. The summed E-state index contributed by atoms with van der Waals surface area (Å²) in [7, 11) is 0. The maximum Gasteiger partial charge on any atom is 0.140 e. The Morgan fingerprint density at radius 3 is 2.40 bits per heavy atom. The Morgan fingerprint density at radius 1 is 1.15 bits per heavy atom. The van der Waals surface area contributed by atoms with Gasteiger partial charge in [0.25, 0.3) is 0 Å². The molecule has 0 aliphatic rings. The molecule has 1 unspecified atom stereocenters. The first-order valence-corrected chi connectivity index (χ1v) is 6.51. The molecule has 1 atom stereocenters. The highest BCUT2D eigenvalue weighted by atomic mass is 19.1. The maximum absolute atomic E-state index is 13.7. The number of halogens is 3. The molecule has 1 aromatic heterocycles. The smallest absolute Gasteiger partial charge is 0.140 e. The van der Waals surface area contributed by atoms with Crippen molar-refractivity contribution < 1.29 is 17.6 Å². The number of furan rings is 1. The molecular weight excluding hydrogens is 267 g/mol. The molecule has 0 aliphatic heterocycles. The highest BCUT2D eigenvalue weighted by Gasteiger charge is 2.18. The molecule has 20 heavy (non-hydrogen) atoms. The lowest BCUT2D eigenvalue weighted by molar-refractivity contribution is 0.434. The van der Waals surface area contributed by atoms with Crippen LogP contribution in [0.3, 0.4) is 0 Å². The highest BCUT2D eigenvalue weighted by Crippen LogP contribution is 2.30. The van der Waals surface area contributed by atoms with Crippen molar-refractivity contribution in [1.29, 1.82) is 0 Å². The summed E-state index contributed by atoms with van der Waals surface area (Å²) >= 11 is 0. The molecule has 5 heteroatoms. The Hall–Kier alpha value is -1.75.